The minimum atomic E-state index is 0.399. The third kappa shape index (κ3) is 5.07. The third-order valence-corrected chi connectivity index (χ3v) is 4.52. The second-order valence-corrected chi connectivity index (χ2v) is 6.52. The summed E-state index contributed by atoms with van der Waals surface area (Å²) in [5, 5.41) is 0. The van der Waals surface area contributed by atoms with E-state index in [-0.39, 0.29) is 0 Å². The maximum Gasteiger partial charge on any atom is 0.0945 e. The highest BCUT2D eigenvalue weighted by Gasteiger charge is 2.14. The van der Waals surface area contributed by atoms with E-state index in [1.54, 1.807) is 0 Å². The standard InChI is InChI=1S/C19H19BrN2.C2H6/c1-15-2-4-16(5-3-15)19(10-12-22-13-11-21-14-22)17-6-8-18(20)9-7-17;1-2/h2-9,11,13-14,19H,10,12H2,1H3;1-2H3. The van der Waals surface area contributed by atoms with Gasteiger partial charge in [-0.3, -0.25) is 0 Å². The molecule has 0 saturated heterocycles. The summed E-state index contributed by atoms with van der Waals surface area (Å²) in [5.41, 5.74) is 4.02. The van der Waals surface area contributed by atoms with Gasteiger partial charge in [-0.1, -0.05) is 71.7 Å². The lowest BCUT2D eigenvalue weighted by molar-refractivity contribution is 0.595. The number of imidazole rings is 1. The van der Waals surface area contributed by atoms with Crippen molar-refractivity contribution in [2.24, 2.45) is 0 Å². The summed E-state index contributed by atoms with van der Waals surface area (Å²) in [7, 11) is 0. The first-order valence-corrected chi connectivity index (χ1v) is 9.29. The lowest BCUT2D eigenvalue weighted by atomic mass is 9.88. The monoisotopic (exact) mass is 384 g/mol. The van der Waals surface area contributed by atoms with Gasteiger partial charge in [-0.05, 0) is 36.6 Å². The van der Waals surface area contributed by atoms with E-state index in [1.807, 2.05) is 32.6 Å². The lowest BCUT2D eigenvalue weighted by Gasteiger charge is -2.19. The molecule has 0 spiro atoms. The topological polar surface area (TPSA) is 17.8 Å². The van der Waals surface area contributed by atoms with Gasteiger partial charge in [0.05, 0.1) is 6.33 Å². The average molecular weight is 385 g/mol. The molecule has 0 saturated carbocycles. The van der Waals surface area contributed by atoms with E-state index in [0.717, 1.165) is 17.4 Å². The Kier molecular flexibility index (Phi) is 7.26. The largest absolute Gasteiger partial charge is 0.337 e. The van der Waals surface area contributed by atoms with Crippen LogP contribution in [0, 0.1) is 6.92 Å². The fraction of sp³-hybridized carbons (Fsp3) is 0.286. The van der Waals surface area contributed by atoms with Crippen molar-refractivity contribution >= 4 is 15.9 Å². The molecule has 3 heteroatoms. The molecule has 1 aromatic heterocycles. The second kappa shape index (κ2) is 9.43. The number of hydrogen-bond donors (Lipinski definition) is 0. The van der Waals surface area contributed by atoms with Crippen LogP contribution in [0.2, 0.25) is 0 Å². The van der Waals surface area contributed by atoms with Crippen LogP contribution in [0.3, 0.4) is 0 Å². The van der Waals surface area contributed by atoms with Gasteiger partial charge in [0.15, 0.2) is 0 Å². The molecule has 126 valence electrons. The Hall–Kier alpha value is -1.87. The van der Waals surface area contributed by atoms with Gasteiger partial charge in [-0.2, -0.15) is 0 Å². The first-order chi connectivity index (χ1) is 11.7. The Labute approximate surface area is 153 Å². The number of aryl methyl sites for hydroxylation is 2. The Morgan fingerprint density at radius 1 is 0.958 bits per heavy atom. The van der Waals surface area contributed by atoms with Crippen molar-refractivity contribution in [3.63, 3.8) is 0 Å². The van der Waals surface area contributed by atoms with Crippen LogP contribution in [0.5, 0.6) is 0 Å². The van der Waals surface area contributed by atoms with Crippen LogP contribution in [0.15, 0.2) is 71.7 Å². The molecule has 1 heterocycles. The van der Waals surface area contributed by atoms with Gasteiger partial charge in [0.25, 0.3) is 0 Å². The summed E-state index contributed by atoms with van der Waals surface area (Å²) in [5.74, 6) is 0.399. The first-order valence-electron chi connectivity index (χ1n) is 8.50. The second-order valence-electron chi connectivity index (χ2n) is 5.60. The van der Waals surface area contributed by atoms with Crippen molar-refractivity contribution in [3.8, 4) is 0 Å². The third-order valence-electron chi connectivity index (χ3n) is 3.99. The van der Waals surface area contributed by atoms with E-state index in [1.165, 1.54) is 16.7 Å². The Bertz CT molecular complexity index is 655. The molecule has 0 aliphatic rings. The predicted molar refractivity (Wildman–Crippen MR) is 105 cm³/mol. The van der Waals surface area contributed by atoms with Gasteiger partial charge < -0.3 is 4.57 Å². The number of rotatable bonds is 5. The molecule has 24 heavy (non-hydrogen) atoms. The number of halogens is 1. The highest BCUT2D eigenvalue weighted by molar-refractivity contribution is 9.10. The minimum Gasteiger partial charge on any atom is -0.337 e. The molecule has 2 aromatic carbocycles. The molecule has 0 bridgehead atoms. The van der Waals surface area contributed by atoms with Gasteiger partial charge in [-0.15, -0.1) is 0 Å². The quantitative estimate of drug-likeness (QED) is 0.511. The number of nitrogens with zero attached hydrogens (tertiary/aromatic N) is 2. The molecular formula is C21H25BrN2. The molecule has 1 unspecified atom stereocenters. The van der Waals surface area contributed by atoms with E-state index >= 15 is 0 Å². The molecule has 0 aliphatic carbocycles. The average Bonchev–Trinajstić information content (AvgIpc) is 3.13. The van der Waals surface area contributed by atoms with Crippen LogP contribution < -0.4 is 0 Å². The first kappa shape index (κ1) is 18.5. The molecular weight excluding hydrogens is 360 g/mol. The lowest BCUT2D eigenvalue weighted by Crippen LogP contribution is -2.06. The van der Waals surface area contributed by atoms with Crippen LogP contribution in [0.25, 0.3) is 0 Å². The van der Waals surface area contributed by atoms with Crippen molar-refractivity contribution in [1.82, 2.24) is 9.55 Å². The van der Waals surface area contributed by atoms with E-state index in [4.69, 9.17) is 0 Å². The minimum absolute atomic E-state index is 0.399. The van der Waals surface area contributed by atoms with Crippen LogP contribution in [0.4, 0.5) is 0 Å². The summed E-state index contributed by atoms with van der Waals surface area (Å²) in [6, 6.07) is 17.5. The highest BCUT2D eigenvalue weighted by Crippen LogP contribution is 2.29. The summed E-state index contributed by atoms with van der Waals surface area (Å²) in [6.45, 7) is 7.10. The van der Waals surface area contributed by atoms with Crippen molar-refractivity contribution in [1.29, 1.82) is 0 Å². The summed E-state index contributed by atoms with van der Waals surface area (Å²) < 4.78 is 3.26. The van der Waals surface area contributed by atoms with Crippen LogP contribution in [0.1, 0.15) is 42.9 Å². The van der Waals surface area contributed by atoms with E-state index in [2.05, 4.69) is 80.9 Å². The van der Waals surface area contributed by atoms with Gasteiger partial charge in [0, 0.05) is 29.3 Å². The van der Waals surface area contributed by atoms with E-state index < -0.39 is 0 Å². The molecule has 2 nitrogen and oxygen atoms in total. The zero-order chi connectivity index (χ0) is 17.4. The van der Waals surface area contributed by atoms with E-state index in [9.17, 15) is 0 Å². The molecule has 0 fully saturated rings. The van der Waals surface area contributed by atoms with Gasteiger partial charge >= 0.3 is 0 Å². The van der Waals surface area contributed by atoms with Crippen LogP contribution >= 0.6 is 15.9 Å². The SMILES string of the molecule is CC.Cc1ccc(C(CCn2ccnc2)c2ccc(Br)cc2)cc1. The van der Waals surface area contributed by atoms with Gasteiger partial charge in [0.1, 0.15) is 0 Å². The van der Waals surface area contributed by atoms with Gasteiger partial charge in [0.2, 0.25) is 0 Å². The fourth-order valence-corrected chi connectivity index (χ4v) is 2.98. The smallest absolute Gasteiger partial charge is 0.0945 e. The van der Waals surface area contributed by atoms with Crippen molar-refractivity contribution in [3.05, 3.63) is 88.4 Å². The van der Waals surface area contributed by atoms with Crippen molar-refractivity contribution in [2.45, 2.75) is 39.7 Å². The summed E-state index contributed by atoms with van der Waals surface area (Å²) in [6.07, 6.45) is 6.79. The zero-order valence-electron chi connectivity index (χ0n) is 14.6. The number of hydrogen-bond acceptors (Lipinski definition) is 1. The predicted octanol–water partition coefficient (Wildman–Crippen LogP) is 6.20. The Morgan fingerprint density at radius 3 is 2.08 bits per heavy atom. The van der Waals surface area contributed by atoms with Crippen molar-refractivity contribution < 1.29 is 0 Å². The fourth-order valence-electron chi connectivity index (χ4n) is 2.72. The molecule has 0 radical (unpaired) electrons. The molecule has 0 N–H and O–H groups in total. The maximum absolute atomic E-state index is 4.13. The normalized spacial score (nSPS) is 11.5. The molecule has 0 aliphatic heterocycles. The molecule has 3 rings (SSSR count). The van der Waals surface area contributed by atoms with Crippen molar-refractivity contribution in [2.75, 3.05) is 0 Å². The molecule has 1 atom stereocenters. The van der Waals surface area contributed by atoms with E-state index in [0.29, 0.717) is 5.92 Å². The zero-order valence-corrected chi connectivity index (χ0v) is 16.2. The Balaban J connectivity index is 0.00000100. The van der Waals surface area contributed by atoms with Crippen LogP contribution in [-0.4, -0.2) is 9.55 Å². The number of benzene rings is 2. The van der Waals surface area contributed by atoms with Crippen LogP contribution in [-0.2, 0) is 6.54 Å². The summed E-state index contributed by atoms with van der Waals surface area (Å²) in [4.78, 5) is 4.13. The highest BCUT2D eigenvalue weighted by atomic mass is 79.9. The number of aromatic nitrogens is 2. The molecule has 3 aromatic rings. The Morgan fingerprint density at radius 2 is 1.54 bits per heavy atom. The molecule has 0 amide bonds. The summed E-state index contributed by atoms with van der Waals surface area (Å²) >= 11 is 3.52. The maximum atomic E-state index is 4.13. The van der Waals surface area contributed by atoms with Gasteiger partial charge in [-0.25, -0.2) is 4.98 Å².